The topological polar surface area (TPSA) is 125 Å². The number of amides is 2. The molecule has 11 heteroatoms. The zero-order valence-corrected chi connectivity index (χ0v) is 22.9. The first kappa shape index (κ1) is 28.9. The standard InChI is InChI=1S/C23H41N4O5PS/c1-15-14-27(20(16(15)2)17(3)28)21(29)19(24-4)12-10-8-6-7-9-11-18-13-23(18,26-33)22(30)25-34(5,31)32/h9,11,15-16,18-20,24,26H,6-8,10,12-14,33H2,1-5H3,(H,25,30)/b11-9+/t15-,16?,18+,19-,20-,23+/m0/s1. The summed E-state index contributed by atoms with van der Waals surface area (Å²) in [6.45, 7) is 6.34. The quantitative estimate of drug-likeness (QED) is 0.192. The Balaban J connectivity index is 1.74. The van der Waals surface area contributed by atoms with Crippen LogP contribution in [0.2, 0.25) is 0 Å². The number of unbranched alkanes of at least 4 members (excludes halogenated alkanes) is 3. The number of carbonyl (C=O) groups is 3. The van der Waals surface area contributed by atoms with E-state index in [1.54, 1.807) is 18.9 Å². The van der Waals surface area contributed by atoms with Gasteiger partial charge in [0.2, 0.25) is 15.9 Å². The van der Waals surface area contributed by atoms with Gasteiger partial charge in [-0.3, -0.25) is 24.2 Å². The monoisotopic (exact) mass is 516 g/mol. The number of Topliss-reactive ketones (excluding diaryl/α,β-unsaturated/α-hetero) is 1. The van der Waals surface area contributed by atoms with Gasteiger partial charge in [-0.05, 0) is 51.5 Å². The Morgan fingerprint density at radius 2 is 1.88 bits per heavy atom. The third-order valence-electron chi connectivity index (χ3n) is 7.25. The van der Waals surface area contributed by atoms with Gasteiger partial charge in [0.1, 0.15) is 5.54 Å². The minimum atomic E-state index is -3.59. The highest BCUT2D eigenvalue weighted by Crippen LogP contribution is 2.45. The number of allylic oxidation sites excluding steroid dienone is 1. The summed E-state index contributed by atoms with van der Waals surface area (Å²) in [6, 6.07) is -0.614. The van der Waals surface area contributed by atoms with E-state index in [1.165, 1.54) is 0 Å². The van der Waals surface area contributed by atoms with Crippen LogP contribution < -0.4 is 15.1 Å². The van der Waals surface area contributed by atoms with Gasteiger partial charge in [0.15, 0.2) is 5.78 Å². The first-order valence-corrected chi connectivity index (χ1v) is 14.5. The maximum Gasteiger partial charge on any atom is 0.254 e. The SMILES string of the molecule is CN[C@@H](CCCCC/C=C/[C@@H]1C[C@]1(NP)C(=O)NS(C)(=O)=O)C(=O)N1C[C@H](C)C(C)[C@H]1C(C)=O. The second-order valence-electron chi connectivity index (χ2n) is 9.92. The van der Waals surface area contributed by atoms with E-state index in [-0.39, 0.29) is 35.6 Å². The van der Waals surface area contributed by atoms with E-state index in [2.05, 4.69) is 26.7 Å². The Morgan fingerprint density at radius 3 is 2.44 bits per heavy atom. The number of nitrogens with one attached hydrogen (secondary N) is 3. The normalized spacial score (nSPS) is 29.9. The van der Waals surface area contributed by atoms with Crippen LogP contribution in [0.15, 0.2) is 12.2 Å². The second-order valence-corrected chi connectivity index (χ2v) is 12.0. The maximum atomic E-state index is 13.1. The second kappa shape index (κ2) is 12.1. The predicted octanol–water partition coefficient (Wildman–Crippen LogP) is 1.37. The number of sulfonamides is 1. The van der Waals surface area contributed by atoms with Crippen LogP contribution in [-0.4, -0.2) is 68.4 Å². The third-order valence-corrected chi connectivity index (χ3v) is 8.32. The molecule has 0 aromatic heterocycles. The molecule has 9 nitrogen and oxygen atoms in total. The maximum absolute atomic E-state index is 13.1. The van der Waals surface area contributed by atoms with E-state index < -0.39 is 21.5 Å². The molecule has 1 saturated carbocycles. The molecule has 0 spiro atoms. The summed E-state index contributed by atoms with van der Waals surface area (Å²) in [7, 11) is 0.504. The molecular formula is C23H41N4O5PS. The molecule has 194 valence electrons. The van der Waals surface area contributed by atoms with Crippen LogP contribution in [0.3, 0.4) is 0 Å². The number of nitrogens with zero attached hydrogens (tertiary/aromatic N) is 1. The summed E-state index contributed by atoms with van der Waals surface area (Å²) in [5.41, 5.74) is -0.882. The highest BCUT2D eigenvalue weighted by Gasteiger charge is 2.58. The fourth-order valence-corrected chi connectivity index (χ4v) is 5.90. The summed E-state index contributed by atoms with van der Waals surface area (Å²) in [6.07, 6.45) is 9.91. The van der Waals surface area contributed by atoms with E-state index in [9.17, 15) is 22.8 Å². The first-order chi connectivity index (χ1) is 15.9. The Hall–Kier alpha value is -1.35. The number of likely N-dealkylation sites (tertiary alicyclic amines) is 1. The van der Waals surface area contributed by atoms with Gasteiger partial charge >= 0.3 is 0 Å². The summed E-state index contributed by atoms with van der Waals surface area (Å²) < 4.78 is 24.7. The molecule has 0 aromatic rings. The predicted molar refractivity (Wildman–Crippen MR) is 136 cm³/mol. The summed E-state index contributed by atoms with van der Waals surface area (Å²) in [5, 5.41) is 6.01. The molecule has 34 heavy (non-hydrogen) atoms. The van der Waals surface area contributed by atoms with Crippen LogP contribution in [-0.2, 0) is 24.4 Å². The van der Waals surface area contributed by atoms with Crippen LogP contribution in [0.4, 0.5) is 0 Å². The van der Waals surface area contributed by atoms with Crippen molar-refractivity contribution in [1.29, 1.82) is 0 Å². The van der Waals surface area contributed by atoms with Gasteiger partial charge in [-0.25, -0.2) is 8.42 Å². The van der Waals surface area contributed by atoms with Crippen molar-refractivity contribution in [2.24, 2.45) is 17.8 Å². The molecule has 1 heterocycles. The minimum absolute atomic E-state index is 0.0150. The molecule has 1 aliphatic carbocycles. The van der Waals surface area contributed by atoms with Crippen molar-refractivity contribution in [1.82, 2.24) is 20.0 Å². The molecule has 0 radical (unpaired) electrons. The van der Waals surface area contributed by atoms with Gasteiger partial charge in [0, 0.05) is 12.5 Å². The molecule has 2 fully saturated rings. The Bertz CT molecular complexity index is 896. The zero-order valence-electron chi connectivity index (χ0n) is 21.0. The van der Waals surface area contributed by atoms with E-state index >= 15 is 0 Å². The number of hydrogen-bond donors (Lipinski definition) is 3. The highest BCUT2D eigenvalue weighted by atomic mass is 32.2. The van der Waals surface area contributed by atoms with Crippen molar-refractivity contribution in [3.8, 4) is 0 Å². The van der Waals surface area contributed by atoms with Gasteiger partial charge in [-0.2, -0.15) is 0 Å². The average Bonchev–Trinajstić information content (AvgIpc) is 3.39. The van der Waals surface area contributed by atoms with E-state index in [0.29, 0.717) is 18.9 Å². The van der Waals surface area contributed by atoms with Crippen molar-refractivity contribution < 1.29 is 22.8 Å². The van der Waals surface area contributed by atoms with Crippen LogP contribution in [0.1, 0.15) is 59.3 Å². The van der Waals surface area contributed by atoms with Crippen molar-refractivity contribution in [3.05, 3.63) is 12.2 Å². The lowest BCUT2D eigenvalue weighted by atomic mass is 9.92. The molecule has 0 bridgehead atoms. The van der Waals surface area contributed by atoms with Crippen molar-refractivity contribution in [2.75, 3.05) is 19.8 Å². The Labute approximate surface area is 206 Å². The number of likely N-dealkylation sites (N-methyl/N-ethyl adjacent to an activating group) is 1. The number of carbonyl (C=O) groups excluding carboxylic acids is 3. The van der Waals surface area contributed by atoms with Gasteiger partial charge in [0.25, 0.3) is 5.91 Å². The number of ketones is 1. The molecule has 3 N–H and O–H groups in total. The fourth-order valence-electron chi connectivity index (χ4n) is 4.91. The third kappa shape index (κ3) is 7.09. The zero-order chi connectivity index (χ0) is 25.7. The summed E-state index contributed by atoms with van der Waals surface area (Å²) in [5.74, 6) is -0.0201. The van der Waals surface area contributed by atoms with Gasteiger partial charge < -0.3 is 10.2 Å². The molecule has 2 amide bonds. The first-order valence-electron chi connectivity index (χ1n) is 12.0. The van der Waals surface area contributed by atoms with Crippen molar-refractivity contribution in [3.63, 3.8) is 0 Å². The number of hydrogen-bond acceptors (Lipinski definition) is 7. The molecular weight excluding hydrogens is 475 g/mol. The number of rotatable bonds is 13. The molecule has 2 rings (SSSR count). The summed E-state index contributed by atoms with van der Waals surface area (Å²) in [4.78, 5) is 39.2. The van der Waals surface area contributed by atoms with Crippen LogP contribution in [0.5, 0.6) is 0 Å². The molecule has 0 aromatic carbocycles. The van der Waals surface area contributed by atoms with Gasteiger partial charge in [-0.15, -0.1) is 0 Å². The Morgan fingerprint density at radius 1 is 1.21 bits per heavy atom. The van der Waals surface area contributed by atoms with E-state index in [1.807, 2.05) is 23.8 Å². The van der Waals surface area contributed by atoms with Crippen LogP contribution in [0.25, 0.3) is 0 Å². The lowest BCUT2D eigenvalue weighted by Crippen LogP contribution is -2.50. The smallest absolute Gasteiger partial charge is 0.254 e. The van der Waals surface area contributed by atoms with Crippen molar-refractivity contribution in [2.45, 2.75) is 76.9 Å². The molecule has 1 aliphatic heterocycles. The minimum Gasteiger partial charge on any atom is -0.331 e. The molecule has 7 atom stereocenters. The lowest BCUT2D eigenvalue weighted by Gasteiger charge is -2.28. The molecule has 2 unspecified atom stereocenters. The van der Waals surface area contributed by atoms with Gasteiger partial charge in [0.05, 0.1) is 18.3 Å². The van der Waals surface area contributed by atoms with Gasteiger partial charge in [-0.1, -0.05) is 48.2 Å². The molecule has 2 aliphatic rings. The fraction of sp³-hybridized carbons (Fsp3) is 0.783. The summed E-state index contributed by atoms with van der Waals surface area (Å²) >= 11 is 0. The van der Waals surface area contributed by atoms with E-state index in [0.717, 1.165) is 38.4 Å². The van der Waals surface area contributed by atoms with Crippen molar-refractivity contribution >= 4 is 37.0 Å². The Kier molecular flexibility index (Phi) is 10.2. The highest BCUT2D eigenvalue weighted by molar-refractivity contribution is 7.89. The largest absolute Gasteiger partial charge is 0.331 e. The van der Waals surface area contributed by atoms with Crippen LogP contribution >= 0.6 is 9.39 Å². The lowest BCUT2D eigenvalue weighted by molar-refractivity contribution is -0.139. The van der Waals surface area contributed by atoms with E-state index in [4.69, 9.17) is 0 Å². The van der Waals surface area contributed by atoms with Crippen LogP contribution in [0, 0.1) is 17.8 Å². The molecule has 1 saturated heterocycles. The average molecular weight is 517 g/mol.